The van der Waals surface area contributed by atoms with Gasteiger partial charge in [-0.15, -0.1) is 0 Å². The molecule has 72 valence electrons. The van der Waals surface area contributed by atoms with Crippen LogP contribution in [0.15, 0.2) is 23.8 Å². The number of hydrogen-bond acceptors (Lipinski definition) is 0. The Bertz CT molecular complexity index is 404. The Balaban J connectivity index is 2.12. The predicted octanol–water partition coefficient (Wildman–Crippen LogP) is 3.88. The van der Waals surface area contributed by atoms with Crippen molar-refractivity contribution < 1.29 is 0 Å². The molecule has 0 bridgehead atoms. The number of allylic oxidation sites excluding steroid dienone is 2. The standard InChI is InChI=1S/C14H16/c1-10-5-6-12-7-8-13(14(12)9-10)11-3-2-4-11/h5-6,9H,2-4,7-8H2,1H3. The first-order chi connectivity index (χ1) is 6.84. The fourth-order valence-corrected chi connectivity index (χ4v) is 2.61. The number of rotatable bonds is 0. The Kier molecular flexibility index (Phi) is 1.76. The molecule has 14 heavy (non-hydrogen) atoms. The molecule has 0 amide bonds. The van der Waals surface area contributed by atoms with Gasteiger partial charge in [0.1, 0.15) is 0 Å². The van der Waals surface area contributed by atoms with E-state index in [4.69, 9.17) is 0 Å². The average molecular weight is 184 g/mol. The molecule has 0 radical (unpaired) electrons. The van der Waals surface area contributed by atoms with Crippen molar-refractivity contribution in [3.05, 3.63) is 40.5 Å². The minimum atomic E-state index is 1.27. The third-order valence-corrected chi connectivity index (χ3v) is 3.62. The summed E-state index contributed by atoms with van der Waals surface area (Å²) < 4.78 is 0. The number of fused-ring (bicyclic) bond motifs is 1. The molecule has 0 aromatic heterocycles. The first-order valence-electron chi connectivity index (χ1n) is 5.65. The summed E-state index contributed by atoms with van der Waals surface area (Å²) in [6.45, 7) is 2.20. The van der Waals surface area contributed by atoms with Crippen LogP contribution in [0, 0.1) is 6.92 Å². The highest BCUT2D eigenvalue weighted by molar-refractivity contribution is 5.76. The molecule has 0 aliphatic heterocycles. The fourth-order valence-electron chi connectivity index (χ4n) is 2.61. The van der Waals surface area contributed by atoms with Gasteiger partial charge in [0.05, 0.1) is 0 Å². The summed E-state index contributed by atoms with van der Waals surface area (Å²) >= 11 is 0. The van der Waals surface area contributed by atoms with Gasteiger partial charge >= 0.3 is 0 Å². The van der Waals surface area contributed by atoms with Crippen molar-refractivity contribution in [2.45, 2.75) is 39.0 Å². The molecule has 2 aliphatic rings. The molecule has 2 aliphatic carbocycles. The zero-order valence-corrected chi connectivity index (χ0v) is 8.77. The molecule has 0 unspecified atom stereocenters. The van der Waals surface area contributed by atoms with Gasteiger partial charge in [0.2, 0.25) is 0 Å². The summed E-state index contributed by atoms with van der Waals surface area (Å²) in [5, 5.41) is 0. The highest BCUT2D eigenvalue weighted by Crippen LogP contribution is 2.41. The molecule has 3 rings (SSSR count). The van der Waals surface area contributed by atoms with Crippen LogP contribution in [0.3, 0.4) is 0 Å². The van der Waals surface area contributed by atoms with Gasteiger partial charge in [-0.25, -0.2) is 0 Å². The highest BCUT2D eigenvalue weighted by atomic mass is 14.3. The Labute approximate surface area is 85.6 Å². The lowest BCUT2D eigenvalue weighted by Crippen LogP contribution is -1.99. The van der Waals surface area contributed by atoms with E-state index in [0.29, 0.717) is 0 Å². The molecule has 0 N–H and O–H groups in total. The van der Waals surface area contributed by atoms with Crippen molar-refractivity contribution in [3.8, 4) is 0 Å². The van der Waals surface area contributed by atoms with Crippen LogP contribution in [0.25, 0.3) is 5.57 Å². The van der Waals surface area contributed by atoms with Gasteiger partial charge in [-0.2, -0.15) is 0 Å². The summed E-state index contributed by atoms with van der Waals surface area (Å²) in [6.07, 6.45) is 6.72. The van der Waals surface area contributed by atoms with Gasteiger partial charge in [0, 0.05) is 0 Å². The van der Waals surface area contributed by atoms with E-state index in [-0.39, 0.29) is 0 Å². The quantitative estimate of drug-likeness (QED) is 0.574. The molecular formula is C14H16. The van der Waals surface area contributed by atoms with Crippen molar-refractivity contribution in [2.75, 3.05) is 0 Å². The van der Waals surface area contributed by atoms with E-state index in [0.717, 1.165) is 0 Å². The van der Waals surface area contributed by atoms with Crippen LogP contribution in [-0.2, 0) is 6.42 Å². The molecule has 0 nitrogen and oxygen atoms in total. The number of aryl methyl sites for hydroxylation is 2. The fraction of sp³-hybridized carbons (Fsp3) is 0.429. The van der Waals surface area contributed by atoms with Crippen LogP contribution >= 0.6 is 0 Å². The van der Waals surface area contributed by atoms with Crippen molar-refractivity contribution >= 4 is 5.57 Å². The second-order valence-electron chi connectivity index (χ2n) is 4.60. The van der Waals surface area contributed by atoms with Gasteiger partial charge in [0.15, 0.2) is 0 Å². The lowest BCUT2D eigenvalue weighted by atomic mass is 9.85. The third kappa shape index (κ3) is 1.13. The number of benzene rings is 1. The van der Waals surface area contributed by atoms with Crippen LogP contribution < -0.4 is 0 Å². The lowest BCUT2D eigenvalue weighted by Gasteiger charge is -2.20. The first kappa shape index (κ1) is 8.28. The Morgan fingerprint density at radius 1 is 1.00 bits per heavy atom. The van der Waals surface area contributed by atoms with Crippen molar-refractivity contribution in [1.29, 1.82) is 0 Å². The van der Waals surface area contributed by atoms with Gasteiger partial charge in [-0.1, -0.05) is 29.3 Å². The second kappa shape index (κ2) is 2.98. The normalized spacial score (nSPS) is 19.5. The summed E-state index contributed by atoms with van der Waals surface area (Å²) in [6, 6.07) is 6.94. The van der Waals surface area contributed by atoms with E-state index in [1.54, 1.807) is 22.3 Å². The molecule has 1 aromatic rings. The smallest absolute Gasteiger partial charge is 0.0190 e. The topological polar surface area (TPSA) is 0 Å². The summed E-state index contributed by atoms with van der Waals surface area (Å²) in [4.78, 5) is 0. The van der Waals surface area contributed by atoms with Crippen LogP contribution in [0.5, 0.6) is 0 Å². The minimum Gasteiger partial charge on any atom is -0.0664 e. The van der Waals surface area contributed by atoms with Crippen LogP contribution in [0.2, 0.25) is 0 Å². The van der Waals surface area contributed by atoms with Crippen LogP contribution in [0.4, 0.5) is 0 Å². The molecule has 1 fully saturated rings. The Hall–Kier alpha value is -1.04. The van der Waals surface area contributed by atoms with Gasteiger partial charge in [-0.3, -0.25) is 0 Å². The van der Waals surface area contributed by atoms with E-state index >= 15 is 0 Å². The Morgan fingerprint density at radius 2 is 1.86 bits per heavy atom. The zero-order valence-electron chi connectivity index (χ0n) is 8.77. The second-order valence-corrected chi connectivity index (χ2v) is 4.60. The largest absolute Gasteiger partial charge is 0.0664 e. The van der Waals surface area contributed by atoms with Crippen LogP contribution in [-0.4, -0.2) is 0 Å². The minimum absolute atomic E-state index is 1.27. The summed E-state index contributed by atoms with van der Waals surface area (Å²) in [5.41, 5.74) is 7.98. The predicted molar refractivity (Wildman–Crippen MR) is 60.3 cm³/mol. The highest BCUT2D eigenvalue weighted by Gasteiger charge is 2.22. The molecule has 0 saturated heterocycles. The Morgan fingerprint density at radius 3 is 2.57 bits per heavy atom. The molecule has 0 atom stereocenters. The van der Waals surface area contributed by atoms with Gasteiger partial charge in [0.25, 0.3) is 0 Å². The zero-order chi connectivity index (χ0) is 9.54. The monoisotopic (exact) mass is 184 g/mol. The van der Waals surface area contributed by atoms with E-state index in [1.165, 1.54) is 37.7 Å². The van der Waals surface area contributed by atoms with Crippen molar-refractivity contribution in [1.82, 2.24) is 0 Å². The number of hydrogen-bond donors (Lipinski definition) is 0. The SMILES string of the molecule is Cc1ccc2c(c1)C(=C1CCC1)CC2. The lowest BCUT2D eigenvalue weighted by molar-refractivity contribution is 0.663. The maximum atomic E-state index is 2.38. The van der Waals surface area contributed by atoms with Gasteiger partial charge in [-0.05, 0) is 55.7 Å². The van der Waals surface area contributed by atoms with E-state index in [9.17, 15) is 0 Å². The molecule has 1 aromatic carbocycles. The third-order valence-electron chi connectivity index (χ3n) is 3.62. The van der Waals surface area contributed by atoms with Crippen molar-refractivity contribution in [2.24, 2.45) is 0 Å². The average Bonchev–Trinajstić information content (AvgIpc) is 2.46. The molecule has 0 heteroatoms. The van der Waals surface area contributed by atoms with E-state index in [2.05, 4.69) is 25.1 Å². The van der Waals surface area contributed by atoms with Gasteiger partial charge < -0.3 is 0 Å². The van der Waals surface area contributed by atoms with Crippen LogP contribution in [0.1, 0.15) is 42.4 Å². The molecule has 1 saturated carbocycles. The van der Waals surface area contributed by atoms with E-state index < -0.39 is 0 Å². The molecule has 0 heterocycles. The summed E-state index contributed by atoms with van der Waals surface area (Å²) in [5.74, 6) is 0. The summed E-state index contributed by atoms with van der Waals surface area (Å²) in [7, 11) is 0. The maximum Gasteiger partial charge on any atom is -0.0190 e. The van der Waals surface area contributed by atoms with Crippen molar-refractivity contribution in [3.63, 3.8) is 0 Å². The first-order valence-corrected chi connectivity index (χ1v) is 5.65. The maximum absolute atomic E-state index is 2.38. The molecule has 0 spiro atoms. The molecular weight excluding hydrogens is 168 g/mol. The van der Waals surface area contributed by atoms with E-state index in [1.807, 2.05) is 0 Å².